The molecule has 0 radical (unpaired) electrons. The number of nitrogens with one attached hydrogen (secondary N) is 1. The van der Waals surface area contributed by atoms with Gasteiger partial charge in [0.1, 0.15) is 5.15 Å². The molecule has 94 valence electrons. The molecule has 0 fully saturated rings. The number of hydrogen-bond donors (Lipinski definition) is 2. The molecule has 5 heteroatoms. The maximum Gasteiger partial charge on any atom is 0.253 e. The monoisotopic (exact) mass is 256 g/mol. The van der Waals surface area contributed by atoms with Gasteiger partial charge in [-0.25, -0.2) is 4.98 Å². The zero-order valence-electron chi connectivity index (χ0n) is 10.0. The first-order valence-electron chi connectivity index (χ1n) is 5.59. The van der Waals surface area contributed by atoms with Crippen LogP contribution in [0.1, 0.15) is 35.8 Å². The number of nitrogens with zero attached hydrogens (tertiary/aromatic N) is 1. The molecule has 0 bridgehead atoms. The molecule has 0 aliphatic carbocycles. The second-order valence-corrected chi connectivity index (χ2v) is 4.39. The molecule has 1 atom stereocenters. The first-order valence-corrected chi connectivity index (χ1v) is 5.97. The predicted molar refractivity (Wildman–Crippen MR) is 67.2 cm³/mol. The molecular formula is C12H17ClN2O2. The molecule has 0 saturated carbocycles. The van der Waals surface area contributed by atoms with Crippen LogP contribution in [0.25, 0.3) is 0 Å². The van der Waals surface area contributed by atoms with Gasteiger partial charge in [-0.05, 0) is 38.8 Å². The van der Waals surface area contributed by atoms with Gasteiger partial charge < -0.3 is 10.4 Å². The average Bonchev–Trinajstić information content (AvgIpc) is 2.26. The highest BCUT2D eigenvalue weighted by Gasteiger charge is 2.12. The molecule has 0 aromatic carbocycles. The van der Waals surface area contributed by atoms with Crippen LogP contribution in [0, 0.1) is 6.92 Å². The van der Waals surface area contributed by atoms with Gasteiger partial charge in [-0.2, -0.15) is 0 Å². The Bertz CT molecular complexity index is 396. The van der Waals surface area contributed by atoms with Crippen LogP contribution < -0.4 is 5.32 Å². The van der Waals surface area contributed by atoms with Gasteiger partial charge in [0.2, 0.25) is 0 Å². The number of aliphatic hydroxyl groups excluding tert-OH is 1. The number of pyridine rings is 1. The normalized spacial score (nSPS) is 12.2. The van der Waals surface area contributed by atoms with E-state index in [4.69, 9.17) is 16.7 Å². The summed E-state index contributed by atoms with van der Waals surface area (Å²) in [7, 11) is 0. The molecule has 17 heavy (non-hydrogen) atoms. The van der Waals surface area contributed by atoms with Crippen molar-refractivity contribution in [3.8, 4) is 0 Å². The van der Waals surface area contributed by atoms with Gasteiger partial charge in [0.05, 0.1) is 11.3 Å². The maximum absolute atomic E-state index is 11.9. The molecule has 1 aromatic heterocycles. The molecule has 1 rings (SSSR count). The third-order valence-electron chi connectivity index (χ3n) is 2.47. The lowest BCUT2D eigenvalue weighted by Gasteiger charge is -2.14. The van der Waals surface area contributed by atoms with E-state index in [-0.39, 0.29) is 18.6 Å². The van der Waals surface area contributed by atoms with Crippen molar-refractivity contribution in [2.24, 2.45) is 0 Å². The fraction of sp³-hybridized carbons (Fsp3) is 0.500. The van der Waals surface area contributed by atoms with Crippen molar-refractivity contribution in [3.05, 3.63) is 28.5 Å². The topological polar surface area (TPSA) is 62.2 Å². The molecule has 1 unspecified atom stereocenters. The molecule has 1 amide bonds. The van der Waals surface area contributed by atoms with Crippen molar-refractivity contribution in [1.29, 1.82) is 0 Å². The number of carbonyl (C=O) groups excluding carboxylic acids is 1. The summed E-state index contributed by atoms with van der Waals surface area (Å²) >= 11 is 5.73. The van der Waals surface area contributed by atoms with Gasteiger partial charge >= 0.3 is 0 Å². The Hall–Kier alpha value is -1.13. The molecule has 2 N–H and O–H groups in total. The molecular weight excluding hydrogens is 240 g/mol. The van der Waals surface area contributed by atoms with Crippen LogP contribution in [0.5, 0.6) is 0 Å². The molecule has 1 aromatic rings. The summed E-state index contributed by atoms with van der Waals surface area (Å²) in [6.45, 7) is 3.80. The van der Waals surface area contributed by atoms with Crippen molar-refractivity contribution in [2.45, 2.75) is 32.7 Å². The van der Waals surface area contributed by atoms with Gasteiger partial charge in [-0.3, -0.25) is 4.79 Å². The van der Waals surface area contributed by atoms with Gasteiger partial charge in [0.25, 0.3) is 5.91 Å². The second-order valence-electron chi connectivity index (χ2n) is 4.01. The third kappa shape index (κ3) is 4.32. The van der Waals surface area contributed by atoms with Gasteiger partial charge in [-0.1, -0.05) is 11.6 Å². The first-order chi connectivity index (χ1) is 8.04. The zero-order chi connectivity index (χ0) is 12.8. The van der Waals surface area contributed by atoms with E-state index in [2.05, 4.69) is 10.3 Å². The van der Waals surface area contributed by atoms with E-state index in [1.165, 1.54) is 0 Å². The minimum Gasteiger partial charge on any atom is -0.396 e. The van der Waals surface area contributed by atoms with Crippen LogP contribution in [-0.4, -0.2) is 28.6 Å². The lowest BCUT2D eigenvalue weighted by atomic mass is 10.1. The molecule has 0 saturated heterocycles. The van der Waals surface area contributed by atoms with E-state index in [9.17, 15) is 4.79 Å². The number of amides is 1. The number of halogens is 1. The maximum atomic E-state index is 11.9. The number of aliphatic hydroxyl groups is 1. The van der Waals surface area contributed by atoms with Crippen molar-refractivity contribution in [1.82, 2.24) is 10.3 Å². The van der Waals surface area contributed by atoms with Crippen molar-refractivity contribution < 1.29 is 9.90 Å². The fourth-order valence-corrected chi connectivity index (χ4v) is 1.73. The Balaban J connectivity index is 2.63. The lowest BCUT2D eigenvalue weighted by Crippen LogP contribution is -2.33. The summed E-state index contributed by atoms with van der Waals surface area (Å²) in [6.07, 6.45) is 1.43. The van der Waals surface area contributed by atoms with Crippen LogP contribution in [-0.2, 0) is 0 Å². The number of hydrogen-bond acceptors (Lipinski definition) is 3. The summed E-state index contributed by atoms with van der Waals surface area (Å²) in [4.78, 5) is 15.9. The summed E-state index contributed by atoms with van der Waals surface area (Å²) < 4.78 is 0. The van der Waals surface area contributed by atoms with Crippen molar-refractivity contribution >= 4 is 17.5 Å². The standard InChI is InChI=1S/C12H17ClN2O2/c1-8(4-3-7-16)14-12(17)10-5-6-11(13)15-9(10)2/h5-6,8,16H,3-4,7H2,1-2H3,(H,14,17). The van der Waals surface area contributed by atoms with Crippen LogP contribution in [0.15, 0.2) is 12.1 Å². The lowest BCUT2D eigenvalue weighted by molar-refractivity contribution is 0.0935. The average molecular weight is 257 g/mol. The number of aryl methyl sites for hydroxylation is 1. The zero-order valence-corrected chi connectivity index (χ0v) is 10.8. The second kappa shape index (κ2) is 6.57. The van der Waals surface area contributed by atoms with E-state index in [0.29, 0.717) is 22.8 Å². The first kappa shape index (κ1) is 13.9. The highest BCUT2D eigenvalue weighted by atomic mass is 35.5. The molecule has 4 nitrogen and oxygen atoms in total. The Morgan fingerprint density at radius 3 is 2.88 bits per heavy atom. The van der Waals surface area contributed by atoms with Gasteiger partial charge in [-0.15, -0.1) is 0 Å². The molecule has 0 aliphatic heterocycles. The Labute approximate surface area is 106 Å². The van der Waals surface area contributed by atoms with E-state index < -0.39 is 0 Å². The Morgan fingerprint density at radius 1 is 1.59 bits per heavy atom. The van der Waals surface area contributed by atoms with Gasteiger partial charge in [0.15, 0.2) is 0 Å². The van der Waals surface area contributed by atoms with E-state index in [0.717, 1.165) is 6.42 Å². The number of carbonyl (C=O) groups is 1. The van der Waals surface area contributed by atoms with Crippen LogP contribution in [0.2, 0.25) is 5.15 Å². The minimum absolute atomic E-state index is 0.0322. The van der Waals surface area contributed by atoms with Crippen LogP contribution in [0.3, 0.4) is 0 Å². The predicted octanol–water partition coefficient (Wildman–Crippen LogP) is 1.93. The SMILES string of the molecule is Cc1nc(Cl)ccc1C(=O)NC(C)CCCO. The van der Waals surface area contributed by atoms with E-state index in [1.807, 2.05) is 6.92 Å². The van der Waals surface area contributed by atoms with E-state index in [1.54, 1.807) is 19.1 Å². The number of aromatic nitrogens is 1. The Morgan fingerprint density at radius 2 is 2.29 bits per heavy atom. The van der Waals surface area contributed by atoms with E-state index >= 15 is 0 Å². The highest BCUT2D eigenvalue weighted by molar-refractivity contribution is 6.29. The molecule has 1 heterocycles. The summed E-state index contributed by atoms with van der Waals surface area (Å²) in [6, 6.07) is 3.30. The minimum atomic E-state index is -0.155. The quantitative estimate of drug-likeness (QED) is 0.792. The molecule has 0 aliphatic rings. The highest BCUT2D eigenvalue weighted by Crippen LogP contribution is 2.11. The van der Waals surface area contributed by atoms with Crippen molar-refractivity contribution in [2.75, 3.05) is 6.61 Å². The smallest absolute Gasteiger partial charge is 0.253 e. The third-order valence-corrected chi connectivity index (χ3v) is 2.68. The largest absolute Gasteiger partial charge is 0.396 e. The van der Waals surface area contributed by atoms with Gasteiger partial charge in [0, 0.05) is 12.6 Å². The summed E-state index contributed by atoms with van der Waals surface area (Å²) in [5, 5.41) is 11.9. The van der Waals surface area contributed by atoms with Crippen LogP contribution in [0.4, 0.5) is 0 Å². The van der Waals surface area contributed by atoms with Crippen LogP contribution >= 0.6 is 11.6 Å². The molecule has 0 spiro atoms. The number of rotatable bonds is 5. The fourth-order valence-electron chi connectivity index (χ4n) is 1.54. The van der Waals surface area contributed by atoms with Crippen molar-refractivity contribution in [3.63, 3.8) is 0 Å². The summed E-state index contributed by atoms with van der Waals surface area (Å²) in [5.41, 5.74) is 1.15. The summed E-state index contributed by atoms with van der Waals surface area (Å²) in [5.74, 6) is -0.155. The Kier molecular flexibility index (Phi) is 5.38.